The molecule has 2 N–H and O–H groups in total. The van der Waals surface area contributed by atoms with E-state index in [1.165, 1.54) is 7.11 Å². The number of carbonyl (C=O) groups is 1. The number of hydrogen-bond acceptors (Lipinski definition) is 4. The molecule has 0 unspecified atom stereocenters. The van der Waals surface area contributed by atoms with Gasteiger partial charge in [0.05, 0.1) is 13.7 Å². The number of aliphatic hydroxyl groups is 1. The monoisotopic (exact) mass is 251 g/mol. The number of rotatable bonds is 6. The Hall–Kier alpha value is -1.75. The van der Waals surface area contributed by atoms with Crippen LogP contribution in [0.4, 0.5) is 0 Å². The third-order valence-corrected chi connectivity index (χ3v) is 2.71. The Morgan fingerprint density at radius 2 is 2.22 bits per heavy atom. The largest absolute Gasteiger partial charge is 0.493 e. The minimum absolute atomic E-state index is 0.0225. The minimum atomic E-state index is -0.120. The smallest absolute Gasteiger partial charge is 0.258 e. The number of ether oxygens (including phenoxy) is 2. The van der Waals surface area contributed by atoms with Gasteiger partial charge in [0, 0.05) is 6.04 Å². The van der Waals surface area contributed by atoms with Gasteiger partial charge in [-0.15, -0.1) is 0 Å². The average molecular weight is 251 g/mol. The molecule has 0 aromatic heterocycles. The van der Waals surface area contributed by atoms with Gasteiger partial charge in [-0.05, 0) is 30.5 Å². The predicted molar refractivity (Wildman–Crippen MR) is 65.6 cm³/mol. The van der Waals surface area contributed by atoms with E-state index >= 15 is 0 Å². The number of hydrogen-bond donors (Lipinski definition) is 2. The molecule has 1 aromatic carbocycles. The van der Waals surface area contributed by atoms with Gasteiger partial charge < -0.3 is 19.9 Å². The van der Waals surface area contributed by atoms with Gasteiger partial charge >= 0.3 is 0 Å². The van der Waals surface area contributed by atoms with Crippen LogP contribution in [0.25, 0.3) is 0 Å². The lowest BCUT2D eigenvalue weighted by Gasteiger charge is -2.11. The molecule has 1 aliphatic rings. The van der Waals surface area contributed by atoms with Gasteiger partial charge in [-0.2, -0.15) is 0 Å². The quantitative estimate of drug-likeness (QED) is 0.786. The number of aliphatic hydroxyl groups excluding tert-OH is 1. The van der Waals surface area contributed by atoms with Crippen LogP contribution in [-0.4, -0.2) is 30.8 Å². The van der Waals surface area contributed by atoms with Gasteiger partial charge in [-0.1, -0.05) is 6.07 Å². The first-order chi connectivity index (χ1) is 8.72. The van der Waals surface area contributed by atoms with E-state index in [4.69, 9.17) is 14.6 Å². The summed E-state index contributed by atoms with van der Waals surface area (Å²) in [5.41, 5.74) is 0.738. The fourth-order valence-electron chi connectivity index (χ4n) is 1.57. The highest BCUT2D eigenvalue weighted by molar-refractivity contribution is 5.78. The summed E-state index contributed by atoms with van der Waals surface area (Å²) in [5.74, 6) is 0.896. The summed E-state index contributed by atoms with van der Waals surface area (Å²) in [7, 11) is 1.52. The first kappa shape index (κ1) is 12.7. The van der Waals surface area contributed by atoms with Crippen molar-refractivity contribution in [1.82, 2.24) is 5.32 Å². The molecule has 1 amide bonds. The maximum absolute atomic E-state index is 11.5. The number of benzene rings is 1. The highest BCUT2D eigenvalue weighted by Gasteiger charge is 2.23. The van der Waals surface area contributed by atoms with Crippen molar-refractivity contribution in [1.29, 1.82) is 0 Å². The van der Waals surface area contributed by atoms with E-state index in [1.807, 2.05) is 0 Å². The summed E-state index contributed by atoms with van der Waals surface area (Å²) in [6.07, 6.45) is 2.11. The molecule has 18 heavy (non-hydrogen) atoms. The molecule has 0 spiro atoms. The molecular formula is C13H17NO4. The van der Waals surface area contributed by atoms with Gasteiger partial charge in [-0.3, -0.25) is 4.79 Å². The minimum Gasteiger partial charge on any atom is -0.493 e. The molecule has 2 rings (SSSR count). The van der Waals surface area contributed by atoms with Crippen molar-refractivity contribution in [2.24, 2.45) is 0 Å². The van der Waals surface area contributed by atoms with Crippen molar-refractivity contribution in [2.75, 3.05) is 13.7 Å². The standard InChI is InChI=1S/C13H17NO4/c1-17-12-6-9(7-15)2-5-11(12)18-8-13(16)14-10-3-4-10/h2,5-6,10,15H,3-4,7-8H2,1H3,(H,14,16). The van der Waals surface area contributed by atoms with Crippen molar-refractivity contribution < 1.29 is 19.4 Å². The van der Waals surface area contributed by atoms with Gasteiger partial charge in [0.2, 0.25) is 0 Å². The molecule has 5 nitrogen and oxygen atoms in total. The van der Waals surface area contributed by atoms with Crippen LogP contribution in [0.3, 0.4) is 0 Å². The number of amides is 1. The van der Waals surface area contributed by atoms with Crippen molar-refractivity contribution >= 4 is 5.91 Å². The van der Waals surface area contributed by atoms with Crippen LogP contribution < -0.4 is 14.8 Å². The molecule has 1 fully saturated rings. The Kier molecular flexibility index (Phi) is 4.04. The Labute approximate surface area is 106 Å². The fourth-order valence-corrected chi connectivity index (χ4v) is 1.57. The maximum Gasteiger partial charge on any atom is 0.258 e. The summed E-state index contributed by atoms with van der Waals surface area (Å²) in [6.45, 7) is -0.0792. The van der Waals surface area contributed by atoms with E-state index in [0.717, 1.165) is 18.4 Å². The molecule has 98 valence electrons. The lowest BCUT2D eigenvalue weighted by Crippen LogP contribution is -2.30. The van der Waals surface area contributed by atoms with Crippen molar-refractivity contribution in [2.45, 2.75) is 25.5 Å². The molecule has 5 heteroatoms. The van der Waals surface area contributed by atoms with E-state index in [-0.39, 0.29) is 19.1 Å². The molecule has 1 saturated carbocycles. The van der Waals surface area contributed by atoms with Crippen LogP contribution in [0, 0.1) is 0 Å². The molecule has 1 aromatic rings. The Morgan fingerprint density at radius 3 is 2.83 bits per heavy atom. The third-order valence-electron chi connectivity index (χ3n) is 2.71. The Balaban J connectivity index is 1.92. The SMILES string of the molecule is COc1cc(CO)ccc1OCC(=O)NC1CC1. The van der Waals surface area contributed by atoms with E-state index in [9.17, 15) is 4.79 Å². The average Bonchev–Trinajstić information content (AvgIpc) is 3.20. The van der Waals surface area contributed by atoms with E-state index in [0.29, 0.717) is 17.5 Å². The van der Waals surface area contributed by atoms with Crippen molar-refractivity contribution in [3.05, 3.63) is 23.8 Å². The van der Waals surface area contributed by atoms with Crippen LogP contribution in [0.15, 0.2) is 18.2 Å². The fraction of sp³-hybridized carbons (Fsp3) is 0.462. The highest BCUT2D eigenvalue weighted by atomic mass is 16.5. The Morgan fingerprint density at radius 1 is 1.44 bits per heavy atom. The first-order valence-electron chi connectivity index (χ1n) is 5.93. The molecule has 0 radical (unpaired) electrons. The summed E-state index contributed by atoms with van der Waals surface area (Å²) in [4.78, 5) is 11.5. The summed E-state index contributed by atoms with van der Waals surface area (Å²) < 4.78 is 10.5. The lowest BCUT2D eigenvalue weighted by molar-refractivity contribution is -0.123. The molecular weight excluding hydrogens is 234 g/mol. The highest BCUT2D eigenvalue weighted by Crippen LogP contribution is 2.28. The summed E-state index contributed by atoms with van der Waals surface area (Å²) >= 11 is 0. The second kappa shape index (κ2) is 5.73. The zero-order valence-corrected chi connectivity index (χ0v) is 10.3. The molecule has 1 aliphatic carbocycles. The van der Waals surface area contributed by atoms with Crippen LogP contribution in [0.1, 0.15) is 18.4 Å². The molecule has 0 heterocycles. The topological polar surface area (TPSA) is 67.8 Å². The first-order valence-corrected chi connectivity index (χ1v) is 5.93. The molecule has 0 aliphatic heterocycles. The number of carbonyl (C=O) groups excluding carboxylic acids is 1. The van der Waals surface area contributed by atoms with Gasteiger partial charge in [0.15, 0.2) is 18.1 Å². The summed E-state index contributed by atoms with van der Waals surface area (Å²) in [5, 5.41) is 11.9. The van der Waals surface area contributed by atoms with Crippen LogP contribution in [0.2, 0.25) is 0 Å². The van der Waals surface area contributed by atoms with Gasteiger partial charge in [0.25, 0.3) is 5.91 Å². The van der Waals surface area contributed by atoms with Crippen LogP contribution in [0.5, 0.6) is 11.5 Å². The normalized spacial score (nSPS) is 14.1. The van der Waals surface area contributed by atoms with Crippen molar-refractivity contribution in [3.8, 4) is 11.5 Å². The van der Waals surface area contributed by atoms with Gasteiger partial charge in [0.1, 0.15) is 0 Å². The zero-order valence-electron chi connectivity index (χ0n) is 10.3. The van der Waals surface area contributed by atoms with Crippen LogP contribution in [-0.2, 0) is 11.4 Å². The van der Waals surface area contributed by atoms with Crippen LogP contribution >= 0.6 is 0 Å². The number of nitrogens with one attached hydrogen (secondary N) is 1. The van der Waals surface area contributed by atoms with Gasteiger partial charge in [-0.25, -0.2) is 0 Å². The second-order valence-electron chi connectivity index (χ2n) is 4.27. The Bertz CT molecular complexity index is 429. The molecule has 0 bridgehead atoms. The zero-order chi connectivity index (χ0) is 13.0. The van der Waals surface area contributed by atoms with E-state index in [2.05, 4.69) is 5.32 Å². The predicted octanol–water partition coefficient (Wildman–Crippen LogP) is 0.845. The third kappa shape index (κ3) is 3.37. The lowest BCUT2D eigenvalue weighted by atomic mass is 10.2. The second-order valence-corrected chi connectivity index (χ2v) is 4.27. The summed E-state index contributed by atoms with van der Waals surface area (Å²) in [6, 6.07) is 5.44. The molecule has 0 saturated heterocycles. The van der Waals surface area contributed by atoms with E-state index in [1.54, 1.807) is 18.2 Å². The molecule has 0 atom stereocenters. The van der Waals surface area contributed by atoms with E-state index < -0.39 is 0 Å². The maximum atomic E-state index is 11.5. The van der Waals surface area contributed by atoms with Crippen molar-refractivity contribution in [3.63, 3.8) is 0 Å². The number of methoxy groups -OCH3 is 1.